The summed E-state index contributed by atoms with van der Waals surface area (Å²) in [7, 11) is 0. The van der Waals surface area contributed by atoms with E-state index in [1.54, 1.807) is 4.90 Å². The summed E-state index contributed by atoms with van der Waals surface area (Å²) in [6, 6.07) is 7.09. The number of aliphatic hydroxyl groups excluding tert-OH is 1. The van der Waals surface area contributed by atoms with Gasteiger partial charge in [0.15, 0.2) is 0 Å². The first-order valence-electron chi connectivity index (χ1n) is 8.28. The lowest BCUT2D eigenvalue weighted by molar-refractivity contribution is -0.144. The van der Waals surface area contributed by atoms with E-state index < -0.39 is 17.7 Å². The Morgan fingerprint density at radius 2 is 2.00 bits per heavy atom. The highest BCUT2D eigenvalue weighted by atomic mass is 16.5. The summed E-state index contributed by atoms with van der Waals surface area (Å²) >= 11 is 0. The van der Waals surface area contributed by atoms with Gasteiger partial charge < -0.3 is 19.6 Å². The van der Waals surface area contributed by atoms with E-state index in [4.69, 9.17) is 4.74 Å². The monoisotopic (exact) mass is 332 g/mol. The standard InChI is InChI=1S/C18H24N2O4/c1-12(21)20-10-14(22)8-15(20)17(23)19-9-13-6-4-5-7-16(13)24-18(2,3)11-19/h4-7,14-15,22H,8-11H2,1-3H3/t14-,15-/m1/s1. The van der Waals surface area contributed by atoms with Crippen LogP contribution in [0.4, 0.5) is 0 Å². The number of amides is 2. The van der Waals surface area contributed by atoms with Crippen molar-refractivity contribution in [3.05, 3.63) is 29.8 Å². The Kier molecular flexibility index (Phi) is 4.25. The molecule has 1 saturated heterocycles. The summed E-state index contributed by atoms with van der Waals surface area (Å²) in [5.74, 6) is 0.471. The molecule has 2 aliphatic heterocycles. The average Bonchev–Trinajstić information content (AvgIpc) is 2.82. The molecule has 24 heavy (non-hydrogen) atoms. The van der Waals surface area contributed by atoms with Crippen LogP contribution < -0.4 is 4.74 Å². The van der Waals surface area contributed by atoms with Gasteiger partial charge in [-0.3, -0.25) is 9.59 Å². The third kappa shape index (κ3) is 3.24. The van der Waals surface area contributed by atoms with Crippen molar-refractivity contribution in [3.8, 4) is 5.75 Å². The summed E-state index contributed by atoms with van der Waals surface area (Å²) < 4.78 is 6.06. The van der Waals surface area contributed by atoms with Gasteiger partial charge in [-0.25, -0.2) is 0 Å². The maximum Gasteiger partial charge on any atom is 0.245 e. The van der Waals surface area contributed by atoms with Gasteiger partial charge in [-0.15, -0.1) is 0 Å². The predicted octanol–water partition coefficient (Wildman–Crippen LogP) is 1.17. The van der Waals surface area contributed by atoms with Crippen molar-refractivity contribution < 1.29 is 19.4 Å². The molecular formula is C18H24N2O4. The molecule has 0 radical (unpaired) electrons. The van der Waals surface area contributed by atoms with Crippen LogP contribution in [-0.2, 0) is 16.1 Å². The molecule has 2 heterocycles. The lowest BCUT2D eigenvalue weighted by Crippen LogP contribution is -2.50. The van der Waals surface area contributed by atoms with Gasteiger partial charge in [0.25, 0.3) is 0 Å². The molecule has 0 aromatic heterocycles. The normalized spacial score (nSPS) is 25.7. The molecule has 0 spiro atoms. The number of likely N-dealkylation sites (tertiary alicyclic amines) is 1. The molecule has 1 aromatic rings. The molecule has 0 unspecified atom stereocenters. The van der Waals surface area contributed by atoms with Crippen LogP contribution in [0, 0.1) is 0 Å². The Morgan fingerprint density at radius 1 is 1.29 bits per heavy atom. The number of β-amino-alcohol motifs (C(OH)–C–C–N with tert-alkyl or cyclic N) is 1. The molecule has 6 nitrogen and oxygen atoms in total. The van der Waals surface area contributed by atoms with E-state index in [-0.39, 0.29) is 24.8 Å². The van der Waals surface area contributed by atoms with Crippen molar-refractivity contribution >= 4 is 11.8 Å². The quantitative estimate of drug-likeness (QED) is 0.838. The van der Waals surface area contributed by atoms with Crippen molar-refractivity contribution in [3.63, 3.8) is 0 Å². The first-order chi connectivity index (χ1) is 11.3. The zero-order valence-electron chi connectivity index (χ0n) is 14.4. The number of hydrogen-bond acceptors (Lipinski definition) is 4. The maximum absolute atomic E-state index is 13.1. The zero-order valence-corrected chi connectivity index (χ0v) is 14.4. The smallest absolute Gasteiger partial charge is 0.245 e. The number of fused-ring (bicyclic) bond motifs is 1. The Labute approximate surface area is 142 Å². The second-order valence-corrected chi connectivity index (χ2v) is 7.24. The predicted molar refractivity (Wildman–Crippen MR) is 88.4 cm³/mol. The molecule has 2 amide bonds. The molecule has 1 aromatic carbocycles. The highest BCUT2D eigenvalue weighted by Gasteiger charge is 2.41. The van der Waals surface area contributed by atoms with Crippen LogP contribution in [0.5, 0.6) is 5.75 Å². The third-order valence-electron chi connectivity index (χ3n) is 4.57. The van der Waals surface area contributed by atoms with Gasteiger partial charge >= 0.3 is 0 Å². The van der Waals surface area contributed by atoms with Crippen molar-refractivity contribution in [1.82, 2.24) is 9.80 Å². The topological polar surface area (TPSA) is 70.1 Å². The summed E-state index contributed by atoms with van der Waals surface area (Å²) in [5.41, 5.74) is 0.421. The fourth-order valence-electron chi connectivity index (χ4n) is 3.55. The molecule has 2 aliphatic rings. The minimum atomic E-state index is -0.647. The maximum atomic E-state index is 13.1. The lowest BCUT2D eigenvalue weighted by atomic mass is 10.1. The Balaban J connectivity index is 1.88. The number of ether oxygens (including phenoxy) is 1. The van der Waals surface area contributed by atoms with E-state index in [1.807, 2.05) is 38.1 Å². The Bertz CT molecular complexity index is 658. The van der Waals surface area contributed by atoms with Crippen LogP contribution >= 0.6 is 0 Å². The minimum absolute atomic E-state index is 0.130. The summed E-state index contributed by atoms with van der Waals surface area (Å²) in [6.07, 6.45) is -0.357. The van der Waals surface area contributed by atoms with E-state index >= 15 is 0 Å². The van der Waals surface area contributed by atoms with Crippen LogP contribution in [0.3, 0.4) is 0 Å². The molecule has 0 saturated carbocycles. The zero-order chi connectivity index (χ0) is 17.5. The summed E-state index contributed by atoms with van der Waals surface area (Å²) in [4.78, 5) is 28.1. The van der Waals surface area contributed by atoms with E-state index in [0.717, 1.165) is 11.3 Å². The van der Waals surface area contributed by atoms with Crippen LogP contribution in [0.2, 0.25) is 0 Å². The number of rotatable bonds is 1. The van der Waals surface area contributed by atoms with Crippen molar-refractivity contribution in [1.29, 1.82) is 0 Å². The number of nitrogens with zero attached hydrogens (tertiary/aromatic N) is 2. The molecule has 2 atom stereocenters. The Morgan fingerprint density at radius 3 is 2.71 bits per heavy atom. The molecular weight excluding hydrogens is 308 g/mol. The number of benzene rings is 1. The van der Waals surface area contributed by atoms with Gasteiger partial charge in [0.2, 0.25) is 11.8 Å². The van der Waals surface area contributed by atoms with Gasteiger partial charge in [0.1, 0.15) is 17.4 Å². The second-order valence-electron chi connectivity index (χ2n) is 7.24. The largest absolute Gasteiger partial charge is 0.486 e. The van der Waals surface area contributed by atoms with Gasteiger partial charge in [-0.1, -0.05) is 18.2 Å². The van der Waals surface area contributed by atoms with E-state index in [1.165, 1.54) is 11.8 Å². The molecule has 1 fully saturated rings. The van der Waals surface area contributed by atoms with E-state index in [9.17, 15) is 14.7 Å². The molecule has 6 heteroatoms. The van der Waals surface area contributed by atoms with Crippen molar-refractivity contribution in [2.75, 3.05) is 13.1 Å². The first-order valence-corrected chi connectivity index (χ1v) is 8.28. The molecule has 130 valence electrons. The SMILES string of the molecule is CC(=O)N1C[C@H](O)C[C@@H]1C(=O)N1Cc2ccccc2OC(C)(C)C1. The van der Waals surface area contributed by atoms with Gasteiger partial charge in [-0.2, -0.15) is 0 Å². The van der Waals surface area contributed by atoms with Gasteiger partial charge in [0, 0.05) is 32.0 Å². The number of carbonyl (C=O) groups is 2. The van der Waals surface area contributed by atoms with Gasteiger partial charge in [0.05, 0.1) is 12.6 Å². The molecule has 3 rings (SSSR count). The van der Waals surface area contributed by atoms with Gasteiger partial charge in [-0.05, 0) is 19.9 Å². The molecule has 0 bridgehead atoms. The Hall–Kier alpha value is -2.08. The number of para-hydroxylation sites is 1. The van der Waals surface area contributed by atoms with Crippen LogP contribution in [0.25, 0.3) is 0 Å². The fraction of sp³-hybridized carbons (Fsp3) is 0.556. The lowest BCUT2D eigenvalue weighted by Gasteiger charge is -2.33. The van der Waals surface area contributed by atoms with Crippen LogP contribution in [0.15, 0.2) is 24.3 Å². The van der Waals surface area contributed by atoms with E-state index in [2.05, 4.69) is 0 Å². The van der Waals surface area contributed by atoms with Crippen molar-refractivity contribution in [2.45, 2.75) is 51.5 Å². The highest BCUT2D eigenvalue weighted by molar-refractivity contribution is 5.87. The third-order valence-corrected chi connectivity index (χ3v) is 4.57. The van der Waals surface area contributed by atoms with E-state index in [0.29, 0.717) is 13.1 Å². The summed E-state index contributed by atoms with van der Waals surface area (Å²) in [5, 5.41) is 9.89. The van der Waals surface area contributed by atoms with Crippen molar-refractivity contribution in [2.24, 2.45) is 0 Å². The number of aliphatic hydroxyl groups is 1. The van der Waals surface area contributed by atoms with Crippen LogP contribution in [0.1, 0.15) is 32.8 Å². The fourth-order valence-corrected chi connectivity index (χ4v) is 3.55. The number of hydrogen-bond donors (Lipinski definition) is 1. The number of carbonyl (C=O) groups excluding carboxylic acids is 2. The molecule has 1 N–H and O–H groups in total. The second kappa shape index (κ2) is 6.09. The van der Waals surface area contributed by atoms with Crippen LogP contribution in [-0.4, -0.2) is 57.6 Å². The first kappa shape index (κ1) is 16.8. The summed E-state index contributed by atoms with van der Waals surface area (Å²) in [6.45, 7) is 6.41. The average molecular weight is 332 g/mol. The minimum Gasteiger partial charge on any atom is -0.486 e. The molecule has 0 aliphatic carbocycles. The highest BCUT2D eigenvalue weighted by Crippen LogP contribution is 2.30.